The van der Waals surface area contributed by atoms with E-state index in [1.165, 1.54) is 0 Å². The molecule has 1 aromatic carbocycles. The summed E-state index contributed by atoms with van der Waals surface area (Å²) in [4.78, 5) is 17.3. The van der Waals surface area contributed by atoms with Crippen LogP contribution in [-0.2, 0) is 10.7 Å². The van der Waals surface area contributed by atoms with Crippen LogP contribution in [0.15, 0.2) is 28.7 Å². The third-order valence-electron chi connectivity index (χ3n) is 1.30. The fraction of sp³-hybridized carbons (Fsp3) is 0.143. The van der Waals surface area contributed by atoms with Crippen LogP contribution in [-0.4, -0.2) is 9.79 Å². The zero-order chi connectivity index (χ0) is 9.19. The third kappa shape index (κ3) is 6.55. The Hall–Kier alpha value is 1.49. The fourth-order valence-electron chi connectivity index (χ4n) is 0.828. The normalized spacial score (nSPS) is 10.7. The maximum Gasteiger partial charge on any atom is 1.00 e. The van der Waals surface area contributed by atoms with E-state index in [4.69, 9.17) is 9.79 Å². The maximum atomic E-state index is 10.6. The number of hydrogen-bond acceptors (Lipinski definition) is 1. The van der Waals surface area contributed by atoms with Crippen molar-refractivity contribution < 1.29 is 67.2 Å². The molecule has 68 valence electrons. The molecule has 0 fully saturated rings. The maximum absolute atomic E-state index is 10.6. The van der Waals surface area contributed by atoms with E-state index in [9.17, 15) is 4.57 Å². The molecule has 3 nitrogen and oxygen atoms in total. The predicted molar refractivity (Wildman–Crippen MR) is 51.0 cm³/mol. The van der Waals surface area contributed by atoms with Crippen molar-refractivity contribution >= 4 is 23.5 Å². The molecule has 0 amide bonds. The van der Waals surface area contributed by atoms with Crippen molar-refractivity contribution in [1.82, 2.24) is 0 Å². The quantitative estimate of drug-likeness (QED) is 0.556. The Balaban J connectivity index is 0. The Morgan fingerprint density at radius 3 is 2.15 bits per heavy atom. The van der Waals surface area contributed by atoms with E-state index in [2.05, 4.69) is 15.9 Å². The molecule has 2 N–H and O–H groups in total. The van der Waals surface area contributed by atoms with E-state index >= 15 is 0 Å². The van der Waals surface area contributed by atoms with Gasteiger partial charge in [-0.05, 0) is 17.7 Å². The third-order valence-corrected chi connectivity index (χ3v) is 2.61. The molecule has 0 aromatic heterocycles. The number of rotatable bonds is 2. The minimum absolute atomic E-state index is 0. The number of halogens is 1. The summed E-state index contributed by atoms with van der Waals surface area (Å²) in [5.74, 6) is 0. The van der Waals surface area contributed by atoms with E-state index in [0.717, 1.165) is 4.47 Å². The van der Waals surface area contributed by atoms with Gasteiger partial charge >= 0.3 is 59.0 Å². The molecular weight excluding hydrogens is 282 g/mol. The minimum atomic E-state index is -3.92. The van der Waals surface area contributed by atoms with Gasteiger partial charge in [0.25, 0.3) is 0 Å². The smallest absolute Gasteiger partial charge is 1.00 e. The average molecular weight is 291 g/mol. The van der Waals surface area contributed by atoms with Gasteiger partial charge in [-0.1, -0.05) is 28.1 Å². The number of benzene rings is 1. The molecule has 0 aliphatic carbocycles. The van der Waals surface area contributed by atoms with Gasteiger partial charge < -0.3 is 11.2 Å². The molecule has 0 saturated carbocycles. The second-order valence-corrected chi connectivity index (χ2v) is 5.01. The summed E-state index contributed by atoms with van der Waals surface area (Å²) in [6.07, 6.45) is -0.194. The first-order valence-electron chi connectivity index (χ1n) is 3.26. The van der Waals surface area contributed by atoms with E-state index in [-0.39, 0.29) is 59.0 Å². The molecule has 1 rings (SSSR count). The van der Waals surface area contributed by atoms with Crippen LogP contribution in [0.1, 0.15) is 6.99 Å². The van der Waals surface area contributed by atoms with E-state index in [1.807, 2.05) is 0 Å². The topological polar surface area (TPSA) is 57.5 Å². The van der Waals surface area contributed by atoms with Gasteiger partial charge in [-0.3, -0.25) is 4.57 Å². The fourth-order valence-corrected chi connectivity index (χ4v) is 1.78. The van der Waals surface area contributed by atoms with Gasteiger partial charge in [-0.2, -0.15) is 0 Å². The van der Waals surface area contributed by atoms with Gasteiger partial charge in [0, 0.05) is 4.47 Å². The summed E-state index contributed by atoms with van der Waals surface area (Å²) in [5.41, 5.74) is 0.645. The van der Waals surface area contributed by atoms with Gasteiger partial charge in [0.1, 0.15) is 0 Å². The standard InChI is InChI=1S/C7H8BrO3P.K.H/c8-7-3-1-6(2-4-7)5-12(9,10)11;;/h1-4H,5H2,(H2,9,10,11);;/q;+1;-1. The van der Waals surface area contributed by atoms with Crippen LogP contribution in [0.25, 0.3) is 0 Å². The Bertz CT molecular complexity index is 313. The van der Waals surface area contributed by atoms with Crippen molar-refractivity contribution in [1.29, 1.82) is 0 Å². The monoisotopic (exact) mass is 290 g/mol. The summed E-state index contributed by atoms with van der Waals surface area (Å²) in [6, 6.07) is 6.88. The summed E-state index contributed by atoms with van der Waals surface area (Å²) in [7, 11) is -3.92. The summed E-state index contributed by atoms with van der Waals surface area (Å²) < 4.78 is 11.5. The summed E-state index contributed by atoms with van der Waals surface area (Å²) >= 11 is 3.23. The van der Waals surface area contributed by atoms with Crippen molar-refractivity contribution in [2.24, 2.45) is 0 Å². The van der Waals surface area contributed by atoms with Crippen molar-refractivity contribution in [2.75, 3.05) is 0 Å². The van der Waals surface area contributed by atoms with Crippen LogP contribution < -0.4 is 51.4 Å². The minimum Gasteiger partial charge on any atom is -1.00 e. The SMILES string of the molecule is O=P(O)(O)Cc1ccc(Br)cc1.[H-].[K+]. The molecule has 6 heteroatoms. The Kier molecular flexibility index (Phi) is 6.86. The van der Waals surface area contributed by atoms with Gasteiger partial charge in [0.15, 0.2) is 0 Å². The molecule has 0 aliphatic rings. The van der Waals surface area contributed by atoms with E-state index < -0.39 is 7.60 Å². The van der Waals surface area contributed by atoms with Crippen molar-refractivity contribution in [3.05, 3.63) is 34.3 Å². The van der Waals surface area contributed by atoms with Crippen LogP contribution >= 0.6 is 23.5 Å². The Morgan fingerprint density at radius 2 is 1.77 bits per heavy atom. The van der Waals surface area contributed by atoms with Crippen molar-refractivity contribution in [2.45, 2.75) is 6.16 Å². The van der Waals surface area contributed by atoms with Crippen molar-refractivity contribution in [3.8, 4) is 0 Å². The molecule has 0 radical (unpaired) electrons. The van der Waals surface area contributed by atoms with Gasteiger partial charge in [0.05, 0.1) is 6.16 Å². The predicted octanol–water partition coefficient (Wildman–Crippen LogP) is -0.757. The first-order chi connectivity index (χ1) is 5.47. The second-order valence-electron chi connectivity index (χ2n) is 2.45. The molecule has 0 unspecified atom stereocenters. The summed E-state index contributed by atoms with van der Waals surface area (Å²) in [6.45, 7) is 0. The molecule has 1 aromatic rings. The molecule has 0 bridgehead atoms. The van der Waals surface area contributed by atoms with Gasteiger partial charge in [0.2, 0.25) is 0 Å². The van der Waals surface area contributed by atoms with Gasteiger partial charge in [-0.25, -0.2) is 0 Å². The molecule has 13 heavy (non-hydrogen) atoms. The second kappa shape index (κ2) is 6.15. The number of hydrogen-bond donors (Lipinski definition) is 2. The molecule has 0 heterocycles. The van der Waals surface area contributed by atoms with Gasteiger partial charge in [-0.15, -0.1) is 0 Å². The molecule has 0 atom stereocenters. The largest absolute Gasteiger partial charge is 1.00 e. The first-order valence-corrected chi connectivity index (χ1v) is 5.85. The molecule has 0 saturated heterocycles. The Labute approximate surface area is 129 Å². The molecular formula is C7H9BrKO3P. The summed E-state index contributed by atoms with van der Waals surface area (Å²) in [5, 5.41) is 0. The van der Waals surface area contributed by atoms with Crippen LogP contribution in [0.4, 0.5) is 0 Å². The van der Waals surface area contributed by atoms with Crippen LogP contribution in [0, 0.1) is 0 Å². The molecule has 0 aliphatic heterocycles. The van der Waals surface area contributed by atoms with Crippen LogP contribution in [0.3, 0.4) is 0 Å². The van der Waals surface area contributed by atoms with Crippen LogP contribution in [0.5, 0.6) is 0 Å². The average Bonchev–Trinajstić information content (AvgIpc) is 1.91. The van der Waals surface area contributed by atoms with Crippen molar-refractivity contribution in [3.63, 3.8) is 0 Å². The van der Waals surface area contributed by atoms with E-state index in [1.54, 1.807) is 24.3 Å². The Morgan fingerprint density at radius 1 is 1.31 bits per heavy atom. The van der Waals surface area contributed by atoms with Crippen LogP contribution in [0.2, 0.25) is 0 Å². The zero-order valence-corrected chi connectivity index (χ0v) is 12.7. The van der Waals surface area contributed by atoms with E-state index in [0.29, 0.717) is 5.56 Å². The zero-order valence-electron chi connectivity index (χ0n) is 8.14. The first kappa shape index (κ1) is 14.5. The molecule has 0 spiro atoms.